The Morgan fingerprint density at radius 1 is 1.15 bits per heavy atom. The van der Waals surface area contributed by atoms with Crippen LogP contribution in [0, 0.1) is 6.92 Å². The molecule has 0 saturated heterocycles. The molecule has 0 aromatic carbocycles. The van der Waals surface area contributed by atoms with E-state index in [9.17, 15) is 0 Å². The first-order chi connectivity index (χ1) is 9.79. The number of aromatic nitrogens is 4. The van der Waals surface area contributed by atoms with Gasteiger partial charge in [0.2, 0.25) is 0 Å². The van der Waals surface area contributed by atoms with Crippen molar-refractivity contribution in [3.63, 3.8) is 0 Å². The van der Waals surface area contributed by atoms with Crippen molar-refractivity contribution in [2.24, 2.45) is 0 Å². The summed E-state index contributed by atoms with van der Waals surface area (Å²) in [5.41, 5.74) is 3.99. The maximum atomic E-state index is 5.88. The second-order valence-electron chi connectivity index (χ2n) is 4.67. The van der Waals surface area contributed by atoms with Crippen molar-refractivity contribution in [2.45, 2.75) is 19.9 Å². The van der Waals surface area contributed by atoms with Gasteiger partial charge in [-0.15, -0.1) is 11.6 Å². The van der Waals surface area contributed by atoms with Gasteiger partial charge in [0.25, 0.3) is 0 Å². The van der Waals surface area contributed by atoms with Crippen LogP contribution in [-0.4, -0.2) is 25.4 Å². The molecular weight excluding hydrogens is 272 g/mol. The van der Waals surface area contributed by atoms with Gasteiger partial charge in [-0.05, 0) is 30.7 Å². The monoisotopic (exact) mass is 286 g/mol. The molecular formula is C15H15ClN4. The molecule has 3 rings (SSSR count). The van der Waals surface area contributed by atoms with Crippen molar-refractivity contribution in [2.75, 3.05) is 5.88 Å². The highest BCUT2D eigenvalue weighted by molar-refractivity contribution is 6.17. The number of hydrogen-bond acceptors (Lipinski definition) is 3. The van der Waals surface area contributed by atoms with E-state index in [0.717, 1.165) is 29.1 Å². The van der Waals surface area contributed by atoms with Gasteiger partial charge < -0.3 is 4.57 Å². The Morgan fingerprint density at radius 3 is 2.75 bits per heavy atom. The Labute approximate surface area is 122 Å². The second-order valence-corrected chi connectivity index (χ2v) is 5.04. The minimum absolute atomic E-state index is 0.546. The SMILES string of the molecule is Cc1cccnc1Cn1c(CCCl)nc2cccnc21. The molecule has 3 aromatic rings. The first-order valence-corrected chi connectivity index (χ1v) is 7.09. The first-order valence-electron chi connectivity index (χ1n) is 6.56. The van der Waals surface area contributed by atoms with E-state index in [2.05, 4.69) is 32.5 Å². The fourth-order valence-corrected chi connectivity index (χ4v) is 2.45. The summed E-state index contributed by atoms with van der Waals surface area (Å²) in [7, 11) is 0. The maximum Gasteiger partial charge on any atom is 0.160 e. The summed E-state index contributed by atoms with van der Waals surface area (Å²) < 4.78 is 2.10. The number of aryl methyl sites for hydroxylation is 2. The van der Waals surface area contributed by atoms with Crippen LogP contribution < -0.4 is 0 Å². The van der Waals surface area contributed by atoms with Gasteiger partial charge in [-0.25, -0.2) is 9.97 Å². The third-order valence-electron chi connectivity index (χ3n) is 3.33. The van der Waals surface area contributed by atoms with Crippen LogP contribution in [0.2, 0.25) is 0 Å². The van der Waals surface area contributed by atoms with Gasteiger partial charge in [0.1, 0.15) is 11.3 Å². The standard InChI is InChI=1S/C15H15ClN4/c1-11-4-2-8-17-13(11)10-20-14(6-7-16)19-12-5-3-9-18-15(12)20/h2-5,8-9H,6-7,10H2,1H3. The summed E-state index contributed by atoms with van der Waals surface area (Å²) in [5, 5.41) is 0. The molecule has 3 aromatic heterocycles. The van der Waals surface area contributed by atoms with E-state index in [1.54, 1.807) is 6.20 Å². The van der Waals surface area contributed by atoms with E-state index in [1.807, 2.05) is 24.4 Å². The van der Waals surface area contributed by atoms with Crippen LogP contribution in [-0.2, 0) is 13.0 Å². The zero-order valence-electron chi connectivity index (χ0n) is 11.3. The van der Waals surface area contributed by atoms with Crippen molar-refractivity contribution in [1.82, 2.24) is 19.5 Å². The fourth-order valence-electron chi connectivity index (χ4n) is 2.28. The van der Waals surface area contributed by atoms with Crippen LogP contribution in [0.3, 0.4) is 0 Å². The smallest absolute Gasteiger partial charge is 0.160 e. The van der Waals surface area contributed by atoms with Crippen molar-refractivity contribution >= 4 is 22.8 Å². The Bertz CT molecular complexity index is 736. The van der Waals surface area contributed by atoms with Crippen LogP contribution in [0.15, 0.2) is 36.7 Å². The third kappa shape index (κ3) is 2.39. The highest BCUT2D eigenvalue weighted by atomic mass is 35.5. The van der Waals surface area contributed by atoms with Gasteiger partial charge in [0, 0.05) is 24.7 Å². The van der Waals surface area contributed by atoms with Crippen LogP contribution in [0.4, 0.5) is 0 Å². The Balaban J connectivity index is 2.09. The zero-order valence-corrected chi connectivity index (χ0v) is 12.0. The highest BCUT2D eigenvalue weighted by Gasteiger charge is 2.12. The predicted octanol–water partition coefficient (Wildman–Crippen LogP) is 2.96. The number of halogens is 1. The molecule has 0 aliphatic heterocycles. The van der Waals surface area contributed by atoms with Gasteiger partial charge in [-0.1, -0.05) is 6.07 Å². The molecule has 0 atom stereocenters. The maximum absolute atomic E-state index is 5.88. The molecule has 5 heteroatoms. The van der Waals surface area contributed by atoms with Crippen LogP contribution in [0.25, 0.3) is 11.2 Å². The normalized spacial score (nSPS) is 11.1. The minimum atomic E-state index is 0.546. The summed E-state index contributed by atoms with van der Waals surface area (Å²) in [6.07, 6.45) is 4.33. The lowest BCUT2D eigenvalue weighted by atomic mass is 10.2. The lowest BCUT2D eigenvalue weighted by Crippen LogP contribution is -2.09. The van der Waals surface area contributed by atoms with E-state index < -0.39 is 0 Å². The molecule has 0 bridgehead atoms. The second kappa shape index (κ2) is 5.59. The van der Waals surface area contributed by atoms with E-state index >= 15 is 0 Å². The lowest BCUT2D eigenvalue weighted by molar-refractivity contribution is 0.727. The topological polar surface area (TPSA) is 43.6 Å². The van der Waals surface area contributed by atoms with Gasteiger partial charge in [0.15, 0.2) is 5.65 Å². The molecule has 0 radical (unpaired) electrons. The number of pyridine rings is 2. The molecule has 102 valence electrons. The molecule has 4 nitrogen and oxygen atoms in total. The number of imidazole rings is 1. The van der Waals surface area contributed by atoms with Crippen LogP contribution >= 0.6 is 11.6 Å². The molecule has 0 amide bonds. The van der Waals surface area contributed by atoms with E-state index in [4.69, 9.17) is 11.6 Å². The Hall–Kier alpha value is -1.94. The molecule has 0 saturated carbocycles. The van der Waals surface area contributed by atoms with Crippen molar-refractivity contribution in [3.05, 3.63) is 53.7 Å². The van der Waals surface area contributed by atoms with E-state index in [1.165, 1.54) is 5.56 Å². The Morgan fingerprint density at radius 2 is 1.95 bits per heavy atom. The van der Waals surface area contributed by atoms with Crippen molar-refractivity contribution in [1.29, 1.82) is 0 Å². The summed E-state index contributed by atoms with van der Waals surface area (Å²) in [6.45, 7) is 2.74. The molecule has 0 N–H and O–H groups in total. The molecule has 20 heavy (non-hydrogen) atoms. The minimum Gasteiger partial charge on any atom is -0.307 e. The molecule has 0 aliphatic carbocycles. The average Bonchev–Trinajstić information content (AvgIpc) is 2.80. The van der Waals surface area contributed by atoms with Gasteiger partial charge >= 0.3 is 0 Å². The highest BCUT2D eigenvalue weighted by Crippen LogP contribution is 2.17. The number of hydrogen-bond donors (Lipinski definition) is 0. The Kier molecular flexibility index (Phi) is 3.65. The van der Waals surface area contributed by atoms with Crippen molar-refractivity contribution in [3.8, 4) is 0 Å². The van der Waals surface area contributed by atoms with E-state index in [-0.39, 0.29) is 0 Å². The zero-order chi connectivity index (χ0) is 13.9. The summed E-state index contributed by atoms with van der Waals surface area (Å²) in [6, 6.07) is 7.89. The first kappa shape index (κ1) is 13.1. The fraction of sp³-hybridized carbons (Fsp3) is 0.267. The van der Waals surface area contributed by atoms with Crippen molar-refractivity contribution < 1.29 is 0 Å². The molecule has 3 heterocycles. The summed E-state index contributed by atoms with van der Waals surface area (Å²) in [5.74, 6) is 1.50. The number of alkyl halides is 1. The summed E-state index contributed by atoms with van der Waals surface area (Å²) in [4.78, 5) is 13.5. The van der Waals surface area contributed by atoms with Gasteiger partial charge in [-0.3, -0.25) is 4.98 Å². The molecule has 0 unspecified atom stereocenters. The molecule has 0 fully saturated rings. The van der Waals surface area contributed by atoms with Gasteiger partial charge in [0.05, 0.1) is 12.2 Å². The summed E-state index contributed by atoms with van der Waals surface area (Å²) >= 11 is 5.88. The van der Waals surface area contributed by atoms with Gasteiger partial charge in [-0.2, -0.15) is 0 Å². The van der Waals surface area contributed by atoms with Crippen LogP contribution in [0.1, 0.15) is 17.1 Å². The van der Waals surface area contributed by atoms with E-state index in [0.29, 0.717) is 12.4 Å². The number of fused-ring (bicyclic) bond motifs is 1. The number of nitrogens with zero attached hydrogens (tertiary/aromatic N) is 4. The lowest BCUT2D eigenvalue weighted by Gasteiger charge is -2.09. The molecule has 0 spiro atoms. The predicted molar refractivity (Wildman–Crippen MR) is 80.0 cm³/mol. The largest absolute Gasteiger partial charge is 0.307 e. The average molecular weight is 287 g/mol. The quantitative estimate of drug-likeness (QED) is 0.693. The van der Waals surface area contributed by atoms with Crippen LogP contribution in [0.5, 0.6) is 0 Å². The molecule has 0 aliphatic rings. The third-order valence-corrected chi connectivity index (χ3v) is 3.52. The number of rotatable bonds is 4.